The number of hydrogen-bond donors (Lipinski definition) is 0. The third kappa shape index (κ3) is 5.64. The average molecular weight is 795 g/mol. The first-order valence-electron chi connectivity index (χ1n) is 21.4. The Balaban J connectivity index is 0.985. The summed E-state index contributed by atoms with van der Waals surface area (Å²) in [7, 11) is 0. The SMILES string of the molecule is CC1(C)c2ccccc2-c2ccc(N(c3ccc(-c4cccnc4)cc3)c3ccc(-c4ccc5c(c4)c4c6ccn(-c7ccccc7)c6ccc4n5-c4ccccc4)cc3)cc21. The normalized spacial score (nSPS) is 12.8. The zero-order valence-electron chi connectivity index (χ0n) is 34.6. The molecule has 12 rings (SSSR count). The fourth-order valence-electron chi connectivity index (χ4n) is 10.0. The zero-order valence-corrected chi connectivity index (χ0v) is 34.6. The molecule has 62 heavy (non-hydrogen) atoms. The Kier molecular flexibility index (Phi) is 8.16. The first-order valence-corrected chi connectivity index (χ1v) is 21.4. The first kappa shape index (κ1) is 35.9. The maximum Gasteiger partial charge on any atom is 0.0548 e. The van der Waals surface area contributed by atoms with Crippen molar-refractivity contribution in [2.45, 2.75) is 19.3 Å². The Morgan fingerprint density at radius 1 is 0.435 bits per heavy atom. The molecule has 4 heteroatoms. The summed E-state index contributed by atoms with van der Waals surface area (Å²) in [6.45, 7) is 4.70. The maximum absolute atomic E-state index is 4.37. The average Bonchev–Trinajstić information content (AvgIpc) is 3.98. The van der Waals surface area contributed by atoms with Crippen molar-refractivity contribution in [3.63, 3.8) is 0 Å². The predicted octanol–water partition coefficient (Wildman–Crippen LogP) is 15.2. The molecule has 0 atom stereocenters. The van der Waals surface area contributed by atoms with Crippen molar-refractivity contribution in [2.24, 2.45) is 0 Å². The van der Waals surface area contributed by atoms with Gasteiger partial charge >= 0.3 is 0 Å². The molecule has 1 aliphatic rings. The second-order valence-electron chi connectivity index (χ2n) is 16.9. The highest BCUT2D eigenvalue weighted by molar-refractivity contribution is 6.21. The summed E-state index contributed by atoms with van der Waals surface area (Å²) in [6.07, 6.45) is 5.94. The van der Waals surface area contributed by atoms with Crippen LogP contribution in [0.15, 0.2) is 219 Å². The Bertz CT molecular complexity index is 3450. The summed E-state index contributed by atoms with van der Waals surface area (Å²) < 4.78 is 4.70. The van der Waals surface area contributed by atoms with Crippen LogP contribution in [0.5, 0.6) is 0 Å². The lowest BCUT2D eigenvalue weighted by atomic mass is 9.82. The van der Waals surface area contributed by atoms with Crippen LogP contribution in [-0.2, 0) is 5.41 Å². The third-order valence-corrected chi connectivity index (χ3v) is 13.1. The smallest absolute Gasteiger partial charge is 0.0548 e. The van der Waals surface area contributed by atoms with Crippen molar-refractivity contribution in [1.82, 2.24) is 14.1 Å². The van der Waals surface area contributed by atoms with Crippen LogP contribution in [0.4, 0.5) is 17.1 Å². The first-order chi connectivity index (χ1) is 30.5. The molecule has 3 heterocycles. The van der Waals surface area contributed by atoms with Gasteiger partial charge in [0.05, 0.1) is 16.6 Å². The molecule has 4 nitrogen and oxygen atoms in total. The summed E-state index contributed by atoms with van der Waals surface area (Å²) in [5.74, 6) is 0. The summed E-state index contributed by atoms with van der Waals surface area (Å²) in [6, 6.07) is 73.0. The molecule has 0 bridgehead atoms. The molecule has 0 fully saturated rings. The largest absolute Gasteiger partial charge is 0.317 e. The highest BCUT2D eigenvalue weighted by Gasteiger charge is 2.35. The van der Waals surface area contributed by atoms with Crippen LogP contribution in [-0.4, -0.2) is 14.1 Å². The molecule has 0 N–H and O–H groups in total. The molecule has 0 aliphatic heterocycles. The number of pyridine rings is 1. The quantitative estimate of drug-likeness (QED) is 0.161. The monoisotopic (exact) mass is 794 g/mol. The van der Waals surface area contributed by atoms with Gasteiger partial charge in [-0.05, 0) is 142 Å². The van der Waals surface area contributed by atoms with Crippen LogP contribution in [0.25, 0.3) is 77.5 Å². The molecule has 0 radical (unpaired) electrons. The third-order valence-electron chi connectivity index (χ3n) is 13.1. The van der Waals surface area contributed by atoms with Gasteiger partial charge in [-0.1, -0.05) is 117 Å². The summed E-state index contributed by atoms with van der Waals surface area (Å²) >= 11 is 0. The maximum atomic E-state index is 4.37. The molecule has 8 aromatic carbocycles. The Labute approximate surface area is 361 Å². The van der Waals surface area contributed by atoms with E-state index in [0.717, 1.165) is 39.6 Å². The van der Waals surface area contributed by atoms with Crippen molar-refractivity contribution >= 4 is 49.8 Å². The van der Waals surface area contributed by atoms with E-state index in [4.69, 9.17) is 0 Å². The lowest BCUT2D eigenvalue weighted by Gasteiger charge is -2.28. The predicted molar refractivity (Wildman–Crippen MR) is 259 cm³/mol. The van der Waals surface area contributed by atoms with E-state index in [1.54, 1.807) is 0 Å². The van der Waals surface area contributed by atoms with E-state index in [1.165, 1.54) is 66.1 Å². The van der Waals surface area contributed by atoms with Gasteiger partial charge in [-0.15, -0.1) is 0 Å². The van der Waals surface area contributed by atoms with Crippen molar-refractivity contribution in [1.29, 1.82) is 0 Å². The molecular formula is C58H42N4. The molecule has 0 saturated heterocycles. The van der Waals surface area contributed by atoms with Crippen LogP contribution in [0, 0.1) is 0 Å². The molecule has 0 spiro atoms. The van der Waals surface area contributed by atoms with Gasteiger partial charge in [0.15, 0.2) is 0 Å². The summed E-state index contributed by atoms with van der Waals surface area (Å²) in [5.41, 5.74) is 19.1. The number of para-hydroxylation sites is 2. The van der Waals surface area contributed by atoms with Gasteiger partial charge in [0.2, 0.25) is 0 Å². The van der Waals surface area contributed by atoms with Gasteiger partial charge in [0.1, 0.15) is 0 Å². The number of fused-ring (bicyclic) bond motifs is 8. The Morgan fingerprint density at radius 3 is 1.77 bits per heavy atom. The molecule has 0 unspecified atom stereocenters. The lowest BCUT2D eigenvalue weighted by molar-refractivity contribution is 0.660. The van der Waals surface area contributed by atoms with E-state index in [1.807, 2.05) is 18.5 Å². The fraction of sp³-hybridized carbons (Fsp3) is 0.0517. The number of anilines is 3. The Morgan fingerprint density at radius 2 is 1.05 bits per heavy atom. The molecule has 1 aliphatic carbocycles. The second-order valence-corrected chi connectivity index (χ2v) is 16.9. The van der Waals surface area contributed by atoms with E-state index in [9.17, 15) is 0 Å². The van der Waals surface area contributed by atoms with Crippen LogP contribution < -0.4 is 4.90 Å². The molecule has 3 aromatic heterocycles. The Hall–Kier alpha value is -7.95. The van der Waals surface area contributed by atoms with Gasteiger partial charge < -0.3 is 14.0 Å². The van der Waals surface area contributed by atoms with Crippen molar-refractivity contribution in [3.05, 3.63) is 230 Å². The molecule has 0 amide bonds. The minimum atomic E-state index is -0.111. The van der Waals surface area contributed by atoms with E-state index >= 15 is 0 Å². The van der Waals surface area contributed by atoms with Gasteiger partial charge in [-0.3, -0.25) is 4.98 Å². The van der Waals surface area contributed by atoms with E-state index < -0.39 is 0 Å². The van der Waals surface area contributed by atoms with E-state index in [2.05, 4.69) is 233 Å². The van der Waals surface area contributed by atoms with E-state index in [0.29, 0.717) is 0 Å². The highest BCUT2D eigenvalue weighted by Crippen LogP contribution is 2.51. The molecule has 294 valence electrons. The number of aromatic nitrogens is 3. The molecule has 11 aromatic rings. The fourth-order valence-corrected chi connectivity index (χ4v) is 10.0. The number of rotatable bonds is 7. The minimum Gasteiger partial charge on any atom is -0.317 e. The number of benzene rings is 8. The van der Waals surface area contributed by atoms with Crippen LogP contribution >= 0.6 is 0 Å². The van der Waals surface area contributed by atoms with Crippen LogP contribution in [0.3, 0.4) is 0 Å². The minimum absolute atomic E-state index is 0.111. The standard InChI is InChI=1S/C58H42N4/c1-58(2)52-18-10-9-17-48(52)49-29-28-47(37-53(49)58)61(46-26-21-40(22-27-46)42-12-11-34-59-38-42)45-24-19-39(20-25-45)41-23-30-55-51(36-41)57-50-33-35-60(43-13-5-3-6-14-43)54(50)31-32-56(57)62(55)44-15-7-4-8-16-44/h3-38H,1-2H3. The van der Waals surface area contributed by atoms with Crippen molar-refractivity contribution in [3.8, 4) is 44.8 Å². The lowest BCUT2D eigenvalue weighted by Crippen LogP contribution is -2.16. The number of hydrogen-bond acceptors (Lipinski definition) is 2. The topological polar surface area (TPSA) is 26.0 Å². The highest BCUT2D eigenvalue weighted by atomic mass is 15.1. The molecule has 0 saturated carbocycles. The van der Waals surface area contributed by atoms with Gasteiger partial charge in [-0.25, -0.2) is 0 Å². The van der Waals surface area contributed by atoms with Crippen LogP contribution in [0.2, 0.25) is 0 Å². The van der Waals surface area contributed by atoms with Crippen molar-refractivity contribution < 1.29 is 0 Å². The summed E-state index contributed by atoms with van der Waals surface area (Å²) in [5, 5.41) is 3.74. The van der Waals surface area contributed by atoms with E-state index in [-0.39, 0.29) is 5.41 Å². The van der Waals surface area contributed by atoms with Crippen LogP contribution in [0.1, 0.15) is 25.0 Å². The zero-order chi connectivity index (χ0) is 41.4. The van der Waals surface area contributed by atoms with Crippen molar-refractivity contribution in [2.75, 3.05) is 4.90 Å². The number of nitrogens with zero attached hydrogens (tertiary/aromatic N) is 4. The van der Waals surface area contributed by atoms with Gasteiger partial charge in [-0.2, -0.15) is 0 Å². The summed E-state index contributed by atoms with van der Waals surface area (Å²) in [4.78, 5) is 6.76. The second kappa shape index (κ2) is 14.1. The van der Waals surface area contributed by atoms with Gasteiger partial charge in [0, 0.05) is 68.6 Å². The molecular weight excluding hydrogens is 753 g/mol. The van der Waals surface area contributed by atoms with Gasteiger partial charge in [0.25, 0.3) is 0 Å².